The third-order valence-corrected chi connectivity index (χ3v) is 6.28. The van der Waals surface area contributed by atoms with Crippen LogP contribution in [0, 0.1) is 5.92 Å². The molecule has 0 bridgehead atoms. The van der Waals surface area contributed by atoms with Gasteiger partial charge in [-0.3, -0.25) is 0 Å². The predicted molar refractivity (Wildman–Crippen MR) is 113 cm³/mol. The maximum absolute atomic E-state index is 5.87. The molecule has 0 radical (unpaired) electrons. The zero-order valence-corrected chi connectivity index (χ0v) is 16.6. The van der Waals surface area contributed by atoms with Crippen molar-refractivity contribution in [1.29, 1.82) is 0 Å². The van der Waals surface area contributed by atoms with Crippen molar-refractivity contribution in [3.8, 4) is 0 Å². The van der Waals surface area contributed by atoms with Crippen LogP contribution in [0.4, 0.5) is 0 Å². The lowest BCUT2D eigenvalue weighted by molar-refractivity contribution is 0.286. The van der Waals surface area contributed by atoms with Gasteiger partial charge in [-0.2, -0.15) is 4.99 Å². The molecule has 1 saturated carbocycles. The topological polar surface area (TPSA) is 103 Å². The van der Waals surface area contributed by atoms with Gasteiger partial charge >= 0.3 is 0 Å². The van der Waals surface area contributed by atoms with Gasteiger partial charge in [-0.1, -0.05) is 44.4 Å². The second kappa shape index (κ2) is 11.1. The number of hydrogen-bond acceptors (Lipinski definition) is 2. The summed E-state index contributed by atoms with van der Waals surface area (Å²) in [6.45, 7) is 2.27. The van der Waals surface area contributed by atoms with E-state index in [0.717, 1.165) is 6.42 Å². The maximum Gasteiger partial charge on any atom is 0.218 e. The van der Waals surface area contributed by atoms with E-state index in [9.17, 15) is 0 Å². The van der Waals surface area contributed by atoms with Crippen molar-refractivity contribution in [2.45, 2.75) is 74.5 Å². The van der Waals surface area contributed by atoms with Crippen LogP contribution in [0.5, 0.6) is 0 Å². The Hall–Kier alpha value is -1.69. The van der Waals surface area contributed by atoms with Gasteiger partial charge in [0.25, 0.3) is 0 Å². The fourth-order valence-corrected chi connectivity index (χ4v) is 5.01. The summed E-state index contributed by atoms with van der Waals surface area (Å²) in [5.74, 6) is 0.763. The van der Waals surface area contributed by atoms with E-state index in [2.05, 4.69) is 47.2 Å². The molecule has 1 aliphatic carbocycles. The SMILES string of the molecule is CCCC(CCC1CCCCC1N=C(N)N=C(N)N)Sc1ccccc1. The van der Waals surface area contributed by atoms with Gasteiger partial charge in [0.1, 0.15) is 0 Å². The summed E-state index contributed by atoms with van der Waals surface area (Å²) in [6.07, 6.45) is 9.65. The summed E-state index contributed by atoms with van der Waals surface area (Å²) in [5.41, 5.74) is 16.7. The molecule has 3 atom stereocenters. The second-order valence-corrected chi connectivity index (χ2v) is 8.43. The molecule has 26 heavy (non-hydrogen) atoms. The highest BCUT2D eigenvalue weighted by atomic mass is 32.2. The maximum atomic E-state index is 5.87. The fourth-order valence-electron chi connectivity index (χ4n) is 3.70. The monoisotopic (exact) mass is 375 g/mol. The second-order valence-electron chi connectivity index (χ2n) is 7.05. The highest BCUT2D eigenvalue weighted by Gasteiger charge is 2.26. The molecule has 1 aromatic carbocycles. The summed E-state index contributed by atoms with van der Waals surface area (Å²) in [5, 5.41) is 0.656. The van der Waals surface area contributed by atoms with Crippen molar-refractivity contribution in [3.63, 3.8) is 0 Å². The quantitative estimate of drug-likeness (QED) is 0.364. The molecule has 0 aliphatic heterocycles. The third-order valence-electron chi connectivity index (χ3n) is 4.93. The molecule has 0 amide bonds. The number of aliphatic imine (C=N–C) groups is 2. The van der Waals surface area contributed by atoms with Crippen LogP contribution >= 0.6 is 11.8 Å². The largest absolute Gasteiger partial charge is 0.370 e. The molecule has 0 spiro atoms. The number of benzene rings is 1. The van der Waals surface area contributed by atoms with Gasteiger partial charge in [0, 0.05) is 10.1 Å². The van der Waals surface area contributed by atoms with E-state index in [1.54, 1.807) is 0 Å². The Morgan fingerprint density at radius 2 is 1.85 bits per heavy atom. The van der Waals surface area contributed by atoms with E-state index in [1.165, 1.54) is 49.8 Å². The van der Waals surface area contributed by atoms with Gasteiger partial charge in [0.15, 0.2) is 5.96 Å². The molecule has 0 heterocycles. The Morgan fingerprint density at radius 3 is 2.54 bits per heavy atom. The minimum atomic E-state index is -0.0270. The molecule has 1 aromatic rings. The Bertz CT molecular complexity index is 583. The average Bonchev–Trinajstić information content (AvgIpc) is 2.61. The van der Waals surface area contributed by atoms with E-state index in [4.69, 9.17) is 17.2 Å². The molecule has 6 N–H and O–H groups in total. The zero-order chi connectivity index (χ0) is 18.8. The Balaban J connectivity index is 1.95. The van der Waals surface area contributed by atoms with Crippen molar-refractivity contribution < 1.29 is 0 Å². The summed E-state index contributed by atoms with van der Waals surface area (Å²) >= 11 is 2.01. The number of nitrogens with two attached hydrogens (primary N) is 3. The first-order valence-electron chi connectivity index (χ1n) is 9.73. The molecule has 3 unspecified atom stereocenters. The number of hydrogen-bond donors (Lipinski definition) is 3. The first-order chi connectivity index (χ1) is 12.6. The van der Waals surface area contributed by atoms with Crippen molar-refractivity contribution in [2.24, 2.45) is 33.1 Å². The molecule has 144 valence electrons. The normalized spacial score (nSPS) is 22.0. The van der Waals surface area contributed by atoms with E-state index >= 15 is 0 Å². The molecule has 2 rings (SSSR count). The van der Waals surface area contributed by atoms with Crippen molar-refractivity contribution in [3.05, 3.63) is 30.3 Å². The fraction of sp³-hybridized carbons (Fsp3) is 0.600. The summed E-state index contributed by atoms with van der Waals surface area (Å²) in [7, 11) is 0. The number of thioether (sulfide) groups is 1. The number of rotatable bonds is 8. The van der Waals surface area contributed by atoms with E-state index in [-0.39, 0.29) is 18.0 Å². The lowest BCUT2D eigenvalue weighted by Gasteiger charge is -2.30. The Labute approximate surface area is 161 Å². The van der Waals surface area contributed by atoms with Crippen LogP contribution in [0.1, 0.15) is 58.3 Å². The van der Waals surface area contributed by atoms with Gasteiger partial charge in [-0.05, 0) is 50.2 Å². The standard InChI is InChI=1S/C20H33N5S/c1-2-8-16(26-17-10-4-3-5-11-17)14-13-15-9-6-7-12-18(15)24-20(23)25-19(21)22/h3-5,10-11,15-16,18H,2,6-9,12-14H2,1H3,(H6,21,22,23,24,25). The van der Waals surface area contributed by atoms with Crippen LogP contribution < -0.4 is 17.2 Å². The van der Waals surface area contributed by atoms with E-state index in [1.807, 2.05) is 11.8 Å². The third kappa shape index (κ3) is 7.28. The highest BCUT2D eigenvalue weighted by Crippen LogP contribution is 2.35. The van der Waals surface area contributed by atoms with Gasteiger partial charge < -0.3 is 17.2 Å². The van der Waals surface area contributed by atoms with Crippen LogP contribution in [0.25, 0.3) is 0 Å². The molecular formula is C20H33N5S. The van der Waals surface area contributed by atoms with E-state index in [0.29, 0.717) is 11.2 Å². The Morgan fingerprint density at radius 1 is 1.12 bits per heavy atom. The molecule has 1 fully saturated rings. The molecule has 1 aliphatic rings. The van der Waals surface area contributed by atoms with Gasteiger partial charge in [0.2, 0.25) is 5.96 Å². The Kier molecular flexibility index (Phi) is 8.81. The van der Waals surface area contributed by atoms with Crippen LogP contribution in [-0.4, -0.2) is 23.2 Å². The van der Waals surface area contributed by atoms with Gasteiger partial charge in [0.05, 0.1) is 6.04 Å². The van der Waals surface area contributed by atoms with Crippen LogP contribution in [0.2, 0.25) is 0 Å². The van der Waals surface area contributed by atoms with Crippen molar-refractivity contribution in [1.82, 2.24) is 0 Å². The first kappa shape index (κ1) is 20.6. The lowest BCUT2D eigenvalue weighted by Crippen LogP contribution is -2.30. The predicted octanol–water partition coefficient (Wildman–Crippen LogP) is 3.87. The highest BCUT2D eigenvalue weighted by molar-refractivity contribution is 8.00. The minimum absolute atomic E-state index is 0.0270. The lowest BCUT2D eigenvalue weighted by atomic mass is 9.81. The molecule has 0 aromatic heterocycles. The van der Waals surface area contributed by atoms with Gasteiger partial charge in [-0.15, -0.1) is 11.8 Å². The summed E-state index contributed by atoms with van der Waals surface area (Å²) in [4.78, 5) is 9.85. The molecule has 5 nitrogen and oxygen atoms in total. The first-order valence-corrected chi connectivity index (χ1v) is 10.6. The number of guanidine groups is 2. The van der Waals surface area contributed by atoms with Crippen LogP contribution in [-0.2, 0) is 0 Å². The zero-order valence-electron chi connectivity index (χ0n) is 15.8. The molecular weight excluding hydrogens is 342 g/mol. The van der Waals surface area contributed by atoms with Crippen LogP contribution in [0.3, 0.4) is 0 Å². The minimum Gasteiger partial charge on any atom is -0.370 e. The van der Waals surface area contributed by atoms with Gasteiger partial charge in [-0.25, -0.2) is 4.99 Å². The summed E-state index contributed by atoms with van der Waals surface area (Å²) in [6, 6.07) is 11.0. The van der Waals surface area contributed by atoms with Crippen molar-refractivity contribution >= 4 is 23.7 Å². The average molecular weight is 376 g/mol. The van der Waals surface area contributed by atoms with E-state index < -0.39 is 0 Å². The number of nitrogens with zero attached hydrogens (tertiary/aromatic N) is 2. The van der Waals surface area contributed by atoms with Crippen LogP contribution in [0.15, 0.2) is 45.2 Å². The molecule has 0 saturated heterocycles. The summed E-state index contributed by atoms with van der Waals surface area (Å²) < 4.78 is 0. The smallest absolute Gasteiger partial charge is 0.218 e. The van der Waals surface area contributed by atoms with Crippen molar-refractivity contribution in [2.75, 3.05) is 0 Å². The molecule has 6 heteroatoms.